The number of methoxy groups -OCH3 is 1. The molecule has 5 rings (SSSR count). The van der Waals surface area contributed by atoms with Gasteiger partial charge in [0, 0.05) is 18.7 Å². The van der Waals surface area contributed by atoms with E-state index in [2.05, 4.69) is 31.4 Å². The zero-order chi connectivity index (χ0) is 27.1. The third-order valence-corrected chi connectivity index (χ3v) is 10.6. The molecular formula is C31H45FN2O4. The molecule has 0 unspecified atom stereocenters. The van der Waals surface area contributed by atoms with E-state index >= 15 is 0 Å². The average Bonchev–Trinajstić information content (AvgIpc) is 3.50. The second-order valence-electron chi connectivity index (χ2n) is 13.2. The van der Waals surface area contributed by atoms with Gasteiger partial charge in [-0.15, -0.1) is 0 Å². The average molecular weight is 529 g/mol. The van der Waals surface area contributed by atoms with E-state index in [0.29, 0.717) is 17.9 Å². The number of carbonyl (C=O) groups excluding carboxylic acids is 2. The Hall–Kier alpha value is -2.31. The highest BCUT2D eigenvalue weighted by molar-refractivity contribution is 5.98. The monoisotopic (exact) mass is 528 g/mol. The molecule has 38 heavy (non-hydrogen) atoms. The van der Waals surface area contributed by atoms with Crippen molar-refractivity contribution in [1.82, 2.24) is 10.6 Å². The Kier molecular flexibility index (Phi) is 7.67. The lowest BCUT2D eigenvalue weighted by Gasteiger charge is -2.39. The number of carbonyl (C=O) groups is 2. The van der Waals surface area contributed by atoms with E-state index in [-0.39, 0.29) is 58.3 Å². The highest BCUT2D eigenvalue weighted by atomic mass is 19.1. The van der Waals surface area contributed by atoms with Gasteiger partial charge in [0.1, 0.15) is 5.75 Å². The summed E-state index contributed by atoms with van der Waals surface area (Å²) in [5.41, 5.74) is 0.779. The lowest BCUT2D eigenvalue weighted by atomic mass is 9.70. The Bertz CT molecular complexity index is 1050. The molecule has 7 heteroatoms. The molecule has 2 bridgehead atoms. The molecule has 2 N–H and O–H groups in total. The maximum atomic E-state index is 15.0. The van der Waals surface area contributed by atoms with Crippen LogP contribution in [-0.2, 0) is 4.79 Å². The van der Waals surface area contributed by atoms with E-state index in [1.807, 2.05) is 0 Å². The van der Waals surface area contributed by atoms with E-state index in [0.717, 1.165) is 64.2 Å². The quantitative estimate of drug-likeness (QED) is 0.411. The molecular weight excluding hydrogens is 483 g/mol. The first kappa shape index (κ1) is 27.3. The van der Waals surface area contributed by atoms with Crippen molar-refractivity contribution in [2.24, 2.45) is 28.6 Å². The number of hydrogen-bond donors (Lipinski definition) is 2. The van der Waals surface area contributed by atoms with Gasteiger partial charge >= 0.3 is 0 Å². The number of benzene rings is 1. The van der Waals surface area contributed by atoms with Gasteiger partial charge < -0.3 is 20.1 Å². The molecule has 4 aliphatic rings. The van der Waals surface area contributed by atoms with Crippen LogP contribution in [0.25, 0.3) is 0 Å². The van der Waals surface area contributed by atoms with Gasteiger partial charge in [0.05, 0.1) is 24.7 Å². The molecule has 1 aromatic rings. The van der Waals surface area contributed by atoms with Crippen LogP contribution in [0.15, 0.2) is 12.1 Å². The van der Waals surface area contributed by atoms with E-state index < -0.39 is 5.82 Å². The highest BCUT2D eigenvalue weighted by Gasteiger charge is 2.51. The van der Waals surface area contributed by atoms with Crippen LogP contribution < -0.4 is 20.1 Å². The summed E-state index contributed by atoms with van der Waals surface area (Å²) in [6.07, 6.45) is 11.4. The fourth-order valence-electron chi connectivity index (χ4n) is 7.39. The minimum absolute atomic E-state index is 0.0575. The van der Waals surface area contributed by atoms with Crippen LogP contribution in [-0.4, -0.2) is 37.6 Å². The summed E-state index contributed by atoms with van der Waals surface area (Å²) in [6.45, 7) is 7.45. The van der Waals surface area contributed by atoms with Crippen LogP contribution in [0.1, 0.15) is 102 Å². The zero-order valence-corrected chi connectivity index (χ0v) is 23.5. The molecule has 0 aromatic heterocycles. The van der Waals surface area contributed by atoms with Crippen LogP contribution in [0.3, 0.4) is 0 Å². The van der Waals surface area contributed by atoms with Crippen LogP contribution >= 0.6 is 0 Å². The lowest BCUT2D eigenvalue weighted by molar-refractivity contribution is -0.128. The van der Waals surface area contributed by atoms with Crippen LogP contribution in [0, 0.1) is 34.4 Å². The Morgan fingerprint density at radius 3 is 2.34 bits per heavy atom. The fourth-order valence-corrected chi connectivity index (χ4v) is 7.39. The van der Waals surface area contributed by atoms with E-state index in [1.54, 1.807) is 0 Å². The molecule has 0 aliphatic heterocycles. The molecule has 0 radical (unpaired) electrons. The summed E-state index contributed by atoms with van der Waals surface area (Å²) >= 11 is 0. The number of fused-ring (bicyclic) bond motifs is 2. The second kappa shape index (κ2) is 10.7. The highest BCUT2D eigenvalue weighted by Crippen LogP contribution is 2.49. The predicted molar refractivity (Wildman–Crippen MR) is 145 cm³/mol. The molecule has 1 aromatic carbocycles. The summed E-state index contributed by atoms with van der Waals surface area (Å²) in [4.78, 5) is 26.9. The summed E-state index contributed by atoms with van der Waals surface area (Å²) in [5.74, 6) is -0.168. The summed E-state index contributed by atoms with van der Waals surface area (Å²) in [5, 5.41) is 6.37. The van der Waals surface area contributed by atoms with Crippen molar-refractivity contribution in [2.75, 3.05) is 13.7 Å². The van der Waals surface area contributed by atoms with Crippen LogP contribution in [0.2, 0.25) is 0 Å². The minimum atomic E-state index is -0.524. The topological polar surface area (TPSA) is 76.7 Å². The van der Waals surface area contributed by atoms with Gasteiger partial charge in [0.15, 0.2) is 11.6 Å². The molecule has 4 fully saturated rings. The van der Waals surface area contributed by atoms with Crippen molar-refractivity contribution in [1.29, 1.82) is 0 Å². The third-order valence-electron chi connectivity index (χ3n) is 10.6. The molecule has 2 amide bonds. The first-order valence-corrected chi connectivity index (χ1v) is 14.8. The minimum Gasteiger partial charge on any atom is -0.496 e. The van der Waals surface area contributed by atoms with Crippen molar-refractivity contribution in [3.8, 4) is 11.5 Å². The fraction of sp³-hybridized carbons (Fsp3) is 0.742. The predicted octanol–water partition coefficient (Wildman–Crippen LogP) is 6.02. The largest absolute Gasteiger partial charge is 0.496 e. The van der Waals surface area contributed by atoms with Gasteiger partial charge in [-0.1, -0.05) is 33.6 Å². The first-order chi connectivity index (χ1) is 18.1. The Balaban J connectivity index is 1.28. The Labute approximate surface area is 226 Å². The normalized spacial score (nSPS) is 33.3. The van der Waals surface area contributed by atoms with E-state index in [9.17, 15) is 14.0 Å². The van der Waals surface area contributed by atoms with Crippen molar-refractivity contribution in [2.45, 2.75) is 104 Å². The molecule has 0 spiro atoms. The van der Waals surface area contributed by atoms with Crippen molar-refractivity contribution in [3.05, 3.63) is 23.5 Å². The number of hydrogen-bond acceptors (Lipinski definition) is 4. The summed E-state index contributed by atoms with van der Waals surface area (Å²) in [7, 11) is 1.44. The SMILES string of the molecule is CC[C@]1(C)CC[C@@H](Oc2cc(C(=O)N[C@@H]3[C@H]4CC[C@H](C4)[C@@H]3C(=O)NCC3(C)CCC3)c(OC)cc2F)CC1. The summed E-state index contributed by atoms with van der Waals surface area (Å²) in [6, 6.07) is 2.50. The number of rotatable bonds is 9. The van der Waals surface area contributed by atoms with Gasteiger partial charge in [-0.3, -0.25) is 9.59 Å². The van der Waals surface area contributed by atoms with Crippen molar-refractivity contribution >= 4 is 11.8 Å². The molecule has 4 aliphatic carbocycles. The van der Waals surface area contributed by atoms with Crippen molar-refractivity contribution in [3.63, 3.8) is 0 Å². The molecule has 4 atom stereocenters. The second-order valence-corrected chi connectivity index (χ2v) is 13.2. The van der Waals surface area contributed by atoms with E-state index in [4.69, 9.17) is 9.47 Å². The van der Waals surface area contributed by atoms with Crippen LogP contribution in [0.4, 0.5) is 4.39 Å². The first-order valence-electron chi connectivity index (χ1n) is 14.8. The van der Waals surface area contributed by atoms with Crippen LogP contribution in [0.5, 0.6) is 11.5 Å². The molecule has 4 saturated carbocycles. The van der Waals surface area contributed by atoms with Gasteiger partial charge in [0.2, 0.25) is 5.91 Å². The molecule has 0 saturated heterocycles. The smallest absolute Gasteiger partial charge is 0.255 e. The maximum Gasteiger partial charge on any atom is 0.255 e. The standard InChI is InChI=1S/C31H45FN2O4/c1-5-30(2)13-9-21(10-14-30)38-25-16-22(24(37-4)17-23(25)32)28(35)34-27-20-8-7-19(15-20)26(27)29(36)33-18-31(3)11-6-12-31/h16-17,19-21,26-27H,5-15,18H2,1-4H3,(H,33,36)(H,34,35)/t19-,20+,21-,26+,27-,30-/m1/s1. The van der Waals surface area contributed by atoms with Gasteiger partial charge in [-0.05, 0) is 86.5 Å². The number of nitrogens with one attached hydrogen (secondary N) is 2. The number of ether oxygens (including phenoxy) is 2. The summed E-state index contributed by atoms with van der Waals surface area (Å²) < 4.78 is 26.5. The van der Waals surface area contributed by atoms with Gasteiger partial charge in [-0.2, -0.15) is 0 Å². The number of amides is 2. The Morgan fingerprint density at radius 1 is 1.00 bits per heavy atom. The lowest BCUT2D eigenvalue weighted by Crippen LogP contribution is -2.51. The molecule has 210 valence electrons. The van der Waals surface area contributed by atoms with Gasteiger partial charge in [-0.25, -0.2) is 4.39 Å². The third kappa shape index (κ3) is 5.40. The molecule has 6 nitrogen and oxygen atoms in total. The number of halogens is 1. The maximum absolute atomic E-state index is 15.0. The molecule has 0 heterocycles. The van der Waals surface area contributed by atoms with Gasteiger partial charge in [0.25, 0.3) is 5.91 Å². The zero-order valence-electron chi connectivity index (χ0n) is 23.5. The Morgan fingerprint density at radius 2 is 1.71 bits per heavy atom. The van der Waals surface area contributed by atoms with Crippen molar-refractivity contribution < 1.29 is 23.5 Å². The van der Waals surface area contributed by atoms with E-state index in [1.165, 1.54) is 25.7 Å².